The number of benzene rings is 2. The fourth-order valence-electron chi connectivity index (χ4n) is 2.18. The molecule has 4 heteroatoms. The van der Waals surface area contributed by atoms with Crippen LogP contribution >= 0.6 is 0 Å². The van der Waals surface area contributed by atoms with Crippen LogP contribution in [-0.2, 0) is 6.54 Å². The van der Waals surface area contributed by atoms with Crippen molar-refractivity contribution in [3.05, 3.63) is 59.4 Å². The highest BCUT2D eigenvalue weighted by Crippen LogP contribution is 2.24. The third-order valence-electron chi connectivity index (χ3n) is 3.44. The minimum absolute atomic E-state index is 0.329. The van der Waals surface area contributed by atoms with E-state index in [0.29, 0.717) is 17.8 Å². The summed E-state index contributed by atoms with van der Waals surface area (Å²) < 4.78 is 19.2. The van der Waals surface area contributed by atoms with Gasteiger partial charge in [-0.25, -0.2) is 4.39 Å². The van der Waals surface area contributed by atoms with Crippen LogP contribution in [0.15, 0.2) is 42.5 Å². The summed E-state index contributed by atoms with van der Waals surface area (Å²) >= 11 is 0. The molecule has 1 atom stereocenters. The maximum Gasteiger partial charge on any atom is 0.146 e. The molecule has 0 amide bonds. The average Bonchev–Trinajstić information content (AvgIpc) is 2.47. The van der Waals surface area contributed by atoms with Crippen molar-refractivity contribution >= 4 is 5.69 Å². The number of aliphatic hydroxyl groups excluding tert-OH is 1. The molecule has 2 rings (SSSR count). The van der Waals surface area contributed by atoms with Gasteiger partial charge in [-0.1, -0.05) is 18.2 Å². The van der Waals surface area contributed by atoms with Crippen molar-refractivity contribution in [1.82, 2.24) is 0 Å². The van der Waals surface area contributed by atoms with Gasteiger partial charge in [-0.05, 0) is 42.3 Å². The van der Waals surface area contributed by atoms with Crippen LogP contribution in [0, 0.1) is 5.82 Å². The molecule has 0 heterocycles. The molecule has 0 aliphatic carbocycles. The normalized spacial score (nSPS) is 12.0. The zero-order valence-corrected chi connectivity index (χ0v) is 12.5. The predicted octanol–water partition coefficient (Wildman–Crippen LogP) is 3.52. The van der Waals surface area contributed by atoms with Gasteiger partial charge in [0.15, 0.2) is 0 Å². The Morgan fingerprint density at radius 3 is 2.38 bits per heavy atom. The number of ether oxygens (including phenoxy) is 1. The zero-order chi connectivity index (χ0) is 15.4. The number of hydrogen-bond acceptors (Lipinski definition) is 3. The van der Waals surface area contributed by atoms with E-state index >= 15 is 0 Å². The molecule has 0 aliphatic rings. The van der Waals surface area contributed by atoms with Gasteiger partial charge < -0.3 is 14.7 Å². The first kappa shape index (κ1) is 15.3. The maximum atomic E-state index is 14.1. The van der Waals surface area contributed by atoms with Gasteiger partial charge in [-0.3, -0.25) is 0 Å². The van der Waals surface area contributed by atoms with Crippen LogP contribution in [0.4, 0.5) is 10.1 Å². The quantitative estimate of drug-likeness (QED) is 0.914. The number of halogens is 1. The summed E-state index contributed by atoms with van der Waals surface area (Å²) in [7, 11) is 3.46. The van der Waals surface area contributed by atoms with Crippen molar-refractivity contribution < 1.29 is 14.2 Å². The number of rotatable bonds is 5. The molecular formula is C17H20FNO2. The first-order valence-electron chi connectivity index (χ1n) is 6.83. The fourth-order valence-corrected chi connectivity index (χ4v) is 2.18. The van der Waals surface area contributed by atoms with Gasteiger partial charge in [0, 0.05) is 13.6 Å². The summed E-state index contributed by atoms with van der Waals surface area (Å²) in [5, 5.41) is 9.47. The molecule has 0 radical (unpaired) electrons. The Balaban J connectivity index is 2.13. The van der Waals surface area contributed by atoms with Crippen LogP contribution in [0.25, 0.3) is 0 Å². The van der Waals surface area contributed by atoms with E-state index < -0.39 is 6.10 Å². The maximum absolute atomic E-state index is 14.1. The van der Waals surface area contributed by atoms with Crippen molar-refractivity contribution in [3.63, 3.8) is 0 Å². The molecule has 0 aliphatic heterocycles. The lowest BCUT2D eigenvalue weighted by atomic mass is 10.1. The van der Waals surface area contributed by atoms with Crippen LogP contribution in [0.1, 0.15) is 24.2 Å². The number of methoxy groups -OCH3 is 1. The lowest BCUT2D eigenvalue weighted by Gasteiger charge is -2.21. The number of nitrogens with zero attached hydrogens (tertiary/aromatic N) is 1. The third-order valence-corrected chi connectivity index (χ3v) is 3.44. The summed E-state index contributed by atoms with van der Waals surface area (Å²) in [6.07, 6.45) is -0.666. The highest BCUT2D eigenvalue weighted by Gasteiger charge is 2.11. The molecule has 0 aromatic heterocycles. The topological polar surface area (TPSA) is 32.7 Å². The summed E-state index contributed by atoms with van der Waals surface area (Å²) in [4.78, 5) is 1.84. The van der Waals surface area contributed by atoms with E-state index in [1.54, 1.807) is 26.2 Å². The smallest absolute Gasteiger partial charge is 0.146 e. The number of anilines is 1. The Morgan fingerprint density at radius 2 is 1.86 bits per heavy atom. The summed E-state index contributed by atoms with van der Waals surface area (Å²) in [6, 6.07) is 12.5. The number of hydrogen-bond donors (Lipinski definition) is 1. The minimum Gasteiger partial charge on any atom is -0.497 e. The van der Waals surface area contributed by atoms with Crippen molar-refractivity contribution in [2.45, 2.75) is 19.6 Å². The van der Waals surface area contributed by atoms with E-state index in [0.717, 1.165) is 11.3 Å². The van der Waals surface area contributed by atoms with Gasteiger partial charge in [-0.15, -0.1) is 0 Å². The number of aliphatic hydroxyl groups is 1. The first-order chi connectivity index (χ1) is 10.0. The monoisotopic (exact) mass is 289 g/mol. The molecule has 3 nitrogen and oxygen atoms in total. The van der Waals surface area contributed by atoms with Gasteiger partial charge in [-0.2, -0.15) is 0 Å². The van der Waals surface area contributed by atoms with E-state index in [-0.39, 0.29) is 5.82 Å². The molecule has 0 unspecified atom stereocenters. The predicted molar refractivity (Wildman–Crippen MR) is 82.1 cm³/mol. The molecule has 112 valence electrons. The van der Waals surface area contributed by atoms with E-state index in [2.05, 4.69) is 0 Å². The van der Waals surface area contributed by atoms with Gasteiger partial charge in [0.1, 0.15) is 11.6 Å². The largest absolute Gasteiger partial charge is 0.497 e. The SMILES string of the molecule is COc1ccc(CN(C)c2ccc([C@H](C)O)cc2F)cc1. The highest BCUT2D eigenvalue weighted by atomic mass is 19.1. The van der Waals surface area contributed by atoms with Crippen molar-refractivity contribution in [1.29, 1.82) is 0 Å². The molecule has 0 spiro atoms. The van der Waals surface area contributed by atoms with Crippen molar-refractivity contribution in [3.8, 4) is 5.75 Å². The summed E-state index contributed by atoms with van der Waals surface area (Å²) in [5.74, 6) is 0.471. The zero-order valence-electron chi connectivity index (χ0n) is 12.5. The second-order valence-corrected chi connectivity index (χ2v) is 5.09. The molecule has 0 fully saturated rings. The van der Waals surface area contributed by atoms with Crippen LogP contribution in [-0.4, -0.2) is 19.3 Å². The summed E-state index contributed by atoms with van der Waals surface area (Å²) in [6.45, 7) is 2.21. The molecule has 0 bridgehead atoms. The van der Waals surface area contributed by atoms with Crippen LogP contribution in [0.2, 0.25) is 0 Å². The van der Waals surface area contributed by atoms with Gasteiger partial charge in [0.2, 0.25) is 0 Å². The van der Waals surface area contributed by atoms with Gasteiger partial charge in [0.05, 0.1) is 18.9 Å². The second-order valence-electron chi connectivity index (χ2n) is 5.09. The Hall–Kier alpha value is -2.07. The Bertz CT molecular complexity index is 596. The van der Waals surface area contributed by atoms with Crippen molar-refractivity contribution in [2.75, 3.05) is 19.1 Å². The third kappa shape index (κ3) is 3.73. The molecular weight excluding hydrogens is 269 g/mol. The lowest BCUT2D eigenvalue weighted by Crippen LogP contribution is -2.17. The minimum atomic E-state index is -0.666. The van der Waals surface area contributed by atoms with E-state index in [1.165, 1.54) is 6.07 Å². The molecule has 21 heavy (non-hydrogen) atoms. The first-order valence-corrected chi connectivity index (χ1v) is 6.83. The second kappa shape index (κ2) is 6.59. The Kier molecular flexibility index (Phi) is 4.81. The van der Waals surface area contributed by atoms with E-state index in [9.17, 15) is 9.50 Å². The fraction of sp³-hybridized carbons (Fsp3) is 0.294. The molecule has 1 N–H and O–H groups in total. The molecule has 2 aromatic rings. The van der Waals surface area contributed by atoms with Crippen LogP contribution in [0.5, 0.6) is 5.75 Å². The highest BCUT2D eigenvalue weighted by molar-refractivity contribution is 5.49. The molecule has 0 saturated heterocycles. The molecule has 0 saturated carbocycles. The van der Waals surface area contributed by atoms with Crippen LogP contribution < -0.4 is 9.64 Å². The van der Waals surface area contributed by atoms with Crippen molar-refractivity contribution in [2.24, 2.45) is 0 Å². The van der Waals surface area contributed by atoms with Crippen LogP contribution in [0.3, 0.4) is 0 Å². The van der Waals surface area contributed by atoms with E-state index in [4.69, 9.17) is 4.74 Å². The average molecular weight is 289 g/mol. The van der Waals surface area contributed by atoms with E-state index in [1.807, 2.05) is 36.2 Å². The molecule has 2 aromatic carbocycles. The standard InChI is InChI=1S/C17H20FNO2/c1-12(20)14-6-9-17(16(18)10-14)19(2)11-13-4-7-15(21-3)8-5-13/h4-10,12,20H,11H2,1-3H3/t12-/m0/s1. The summed E-state index contributed by atoms with van der Waals surface area (Å²) in [5.41, 5.74) is 2.15. The Morgan fingerprint density at radius 1 is 1.19 bits per heavy atom. The Labute approximate surface area is 124 Å². The van der Waals surface area contributed by atoms with Gasteiger partial charge >= 0.3 is 0 Å². The van der Waals surface area contributed by atoms with Gasteiger partial charge in [0.25, 0.3) is 0 Å². The lowest BCUT2D eigenvalue weighted by molar-refractivity contribution is 0.199.